The molecule has 0 radical (unpaired) electrons. The van der Waals surface area contributed by atoms with Crippen molar-refractivity contribution in [1.29, 1.82) is 0 Å². The number of ether oxygens (including phenoxy) is 1. The van der Waals surface area contributed by atoms with Crippen molar-refractivity contribution in [3.8, 4) is 0 Å². The normalized spacial score (nSPS) is 13.1. The summed E-state index contributed by atoms with van der Waals surface area (Å²) in [6, 6.07) is 5.16. The van der Waals surface area contributed by atoms with E-state index >= 15 is 0 Å². The van der Waals surface area contributed by atoms with Gasteiger partial charge in [-0.15, -0.1) is 0 Å². The van der Waals surface area contributed by atoms with E-state index in [4.69, 9.17) is 4.74 Å². The van der Waals surface area contributed by atoms with Gasteiger partial charge in [-0.2, -0.15) is 0 Å². The largest absolute Gasteiger partial charge is 0.373 e. The first-order valence-electron chi connectivity index (χ1n) is 6.08. The molecular formula is C14H22FNO. The quantitative estimate of drug-likeness (QED) is 0.823. The molecule has 1 N–H and O–H groups in total. The first-order valence-corrected chi connectivity index (χ1v) is 6.08. The molecule has 0 heterocycles. The van der Waals surface area contributed by atoms with E-state index in [2.05, 4.69) is 19.2 Å². The fourth-order valence-corrected chi connectivity index (χ4v) is 1.47. The molecule has 0 aliphatic rings. The molecule has 0 aliphatic carbocycles. The number of nitrogens with one attached hydrogen (secondary N) is 1. The van der Waals surface area contributed by atoms with Crippen LogP contribution in [0.4, 0.5) is 4.39 Å². The van der Waals surface area contributed by atoms with E-state index in [1.807, 2.05) is 20.0 Å². The van der Waals surface area contributed by atoms with Crippen LogP contribution < -0.4 is 5.32 Å². The molecule has 96 valence electrons. The van der Waals surface area contributed by atoms with Crippen molar-refractivity contribution < 1.29 is 9.13 Å². The molecule has 1 aromatic rings. The molecule has 0 amide bonds. The maximum absolute atomic E-state index is 13.6. The van der Waals surface area contributed by atoms with Gasteiger partial charge in [-0.1, -0.05) is 19.9 Å². The maximum atomic E-state index is 13.6. The summed E-state index contributed by atoms with van der Waals surface area (Å²) in [7, 11) is 1.88. The Balaban J connectivity index is 2.66. The molecule has 0 fully saturated rings. The molecular weight excluding hydrogens is 217 g/mol. The van der Waals surface area contributed by atoms with Gasteiger partial charge in [-0.3, -0.25) is 0 Å². The third-order valence-corrected chi connectivity index (χ3v) is 2.93. The first-order chi connectivity index (χ1) is 8.04. The van der Waals surface area contributed by atoms with Crippen LogP contribution >= 0.6 is 0 Å². The molecule has 0 saturated heterocycles. The van der Waals surface area contributed by atoms with Crippen molar-refractivity contribution >= 4 is 0 Å². The van der Waals surface area contributed by atoms with E-state index in [0.29, 0.717) is 18.1 Å². The molecule has 1 unspecified atom stereocenters. The summed E-state index contributed by atoms with van der Waals surface area (Å²) < 4.78 is 19.2. The van der Waals surface area contributed by atoms with Crippen LogP contribution in [0.25, 0.3) is 0 Å². The molecule has 0 aliphatic heterocycles. The van der Waals surface area contributed by atoms with Gasteiger partial charge in [0.2, 0.25) is 0 Å². The fourth-order valence-electron chi connectivity index (χ4n) is 1.47. The minimum atomic E-state index is -0.194. The number of rotatable bonds is 6. The van der Waals surface area contributed by atoms with Gasteiger partial charge in [0, 0.05) is 12.1 Å². The maximum Gasteiger partial charge on any atom is 0.128 e. The predicted molar refractivity (Wildman–Crippen MR) is 68.3 cm³/mol. The molecule has 2 nitrogen and oxygen atoms in total. The monoisotopic (exact) mass is 239 g/mol. The second-order valence-corrected chi connectivity index (χ2v) is 4.72. The van der Waals surface area contributed by atoms with Gasteiger partial charge in [-0.25, -0.2) is 4.39 Å². The number of hydrogen-bond acceptors (Lipinski definition) is 2. The zero-order valence-corrected chi connectivity index (χ0v) is 11.1. The van der Waals surface area contributed by atoms with Crippen LogP contribution in [0, 0.1) is 11.7 Å². The highest BCUT2D eigenvalue weighted by molar-refractivity contribution is 5.24. The first kappa shape index (κ1) is 14.1. The Labute approximate surface area is 103 Å². The Morgan fingerprint density at radius 1 is 1.29 bits per heavy atom. The summed E-state index contributed by atoms with van der Waals surface area (Å²) >= 11 is 0. The van der Waals surface area contributed by atoms with E-state index in [1.165, 1.54) is 6.07 Å². The topological polar surface area (TPSA) is 21.3 Å². The lowest BCUT2D eigenvalue weighted by Crippen LogP contribution is -2.15. The fraction of sp³-hybridized carbons (Fsp3) is 0.571. The lowest BCUT2D eigenvalue weighted by Gasteiger charge is -2.17. The summed E-state index contributed by atoms with van der Waals surface area (Å²) in [6.07, 6.45) is 0.141. The number of hydrogen-bond donors (Lipinski definition) is 1. The Kier molecular flexibility index (Phi) is 5.59. The molecule has 1 rings (SSSR count). The Morgan fingerprint density at radius 2 is 2.00 bits per heavy atom. The van der Waals surface area contributed by atoms with Crippen molar-refractivity contribution in [3.05, 3.63) is 35.1 Å². The summed E-state index contributed by atoms with van der Waals surface area (Å²) in [5, 5.41) is 3.05. The highest BCUT2D eigenvalue weighted by Gasteiger charge is 2.09. The lowest BCUT2D eigenvalue weighted by atomic mass is 10.1. The highest BCUT2D eigenvalue weighted by atomic mass is 19.1. The molecule has 17 heavy (non-hydrogen) atoms. The molecule has 0 saturated carbocycles. The highest BCUT2D eigenvalue weighted by Crippen LogP contribution is 2.14. The molecule has 1 atom stereocenters. The van der Waals surface area contributed by atoms with E-state index in [1.54, 1.807) is 6.07 Å². The van der Waals surface area contributed by atoms with Crippen molar-refractivity contribution in [2.75, 3.05) is 7.05 Å². The van der Waals surface area contributed by atoms with Crippen LogP contribution in [0.1, 0.15) is 31.9 Å². The third kappa shape index (κ3) is 4.44. The summed E-state index contributed by atoms with van der Waals surface area (Å²) in [5.74, 6) is 0.249. The zero-order valence-electron chi connectivity index (χ0n) is 11.1. The second kappa shape index (κ2) is 6.72. The van der Waals surface area contributed by atoms with Crippen molar-refractivity contribution in [3.63, 3.8) is 0 Å². The van der Waals surface area contributed by atoms with Crippen molar-refractivity contribution in [2.24, 2.45) is 5.92 Å². The smallest absolute Gasteiger partial charge is 0.128 e. The van der Waals surface area contributed by atoms with Gasteiger partial charge in [0.15, 0.2) is 0 Å². The van der Waals surface area contributed by atoms with Gasteiger partial charge in [0.25, 0.3) is 0 Å². The van der Waals surface area contributed by atoms with Crippen molar-refractivity contribution in [2.45, 2.75) is 40.0 Å². The number of halogens is 1. The lowest BCUT2D eigenvalue weighted by molar-refractivity contribution is 0.0221. The SMILES string of the molecule is CNCc1ccc(F)c(COC(C)C(C)C)c1. The van der Waals surface area contributed by atoms with Crippen LogP contribution in [-0.4, -0.2) is 13.2 Å². The zero-order chi connectivity index (χ0) is 12.8. The Hall–Kier alpha value is -0.930. The number of benzene rings is 1. The summed E-state index contributed by atoms with van der Waals surface area (Å²) in [5.41, 5.74) is 1.70. The van der Waals surface area contributed by atoms with E-state index in [-0.39, 0.29) is 11.9 Å². The van der Waals surface area contributed by atoms with Gasteiger partial charge in [0.05, 0.1) is 12.7 Å². The molecule has 1 aromatic carbocycles. The average Bonchev–Trinajstić information content (AvgIpc) is 2.29. The van der Waals surface area contributed by atoms with Gasteiger partial charge in [0.1, 0.15) is 5.82 Å². The standard InChI is InChI=1S/C14H22FNO/c1-10(2)11(3)17-9-13-7-12(8-16-4)5-6-14(13)15/h5-7,10-11,16H,8-9H2,1-4H3. The van der Waals surface area contributed by atoms with Crippen LogP contribution in [-0.2, 0) is 17.9 Å². The second-order valence-electron chi connectivity index (χ2n) is 4.72. The van der Waals surface area contributed by atoms with Gasteiger partial charge < -0.3 is 10.1 Å². The molecule has 0 spiro atoms. The van der Waals surface area contributed by atoms with Crippen LogP contribution in [0.3, 0.4) is 0 Å². The van der Waals surface area contributed by atoms with Crippen LogP contribution in [0.15, 0.2) is 18.2 Å². The van der Waals surface area contributed by atoms with Crippen molar-refractivity contribution in [1.82, 2.24) is 5.32 Å². The van der Waals surface area contributed by atoms with Crippen LogP contribution in [0.5, 0.6) is 0 Å². The predicted octanol–water partition coefficient (Wildman–Crippen LogP) is 3.11. The van der Waals surface area contributed by atoms with E-state index in [9.17, 15) is 4.39 Å². The van der Waals surface area contributed by atoms with Crippen LogP contribution in [0.2, 0.25) is 0 Å². The minimum Gasteiger partial charge on any atom is -0.373 e. The van der Waals surface area contributed by atoms with E-state index < -0.39 is 0 Å². The Morgan fingerprint density at radius 3 is 2.59 bits per heavy atom. The van der Waals surface area contributed by atoms with E-state index in [0.717, 1.165) is 12.1 Å². The summed E-state index contributed by atoms with van der Waals surface area (Å²) in [4.78, 5) is 0. The molecule has 3 heteroatoms. The summed E-state index contributed by atoms with van der Waals surface area (Å²) in [6.45, 7) is 7.28. The minimum absolute atomic E-state index is 0.141. The molecule has 0 aromatic heterocycles. The van der Waals surface area contributed by atoms with Gasteiger partial charge >= 0.3 is 0 Å². The third-order valence-electron chi connectivity index (χ3n) is 2.93. The van der Waals surface area contributed by atoms with Gasteiger partial charge in [-0.05, 0) is 37.6 Å². The Bertz CT molecular complexity index is 352. The average molecular weight is 239 g/mol. The molecule has 0 bridgehead atoms.